The molecule has 9 heteroatoms. The van der Waals surface area contributed by atoms with E-state index in [0.717, 1.165) is 11.3 Å². The molecular weight excluding hydrogens is 406 g/mol. The summed E-state index contributed by atoms with van der Waals surface area (Å²) in [4.78, 5) is 39.3. The second kappa shape index (κ2) is 11.3. The first-order valence-corrected chi connectivity index (χ1v) is 10.4. The summed E-state index contributed by atoms with van der Waals surface area (Å²) in [5, 5.41) is 6.00. The van der Waals surface area contributed by atoms with Crippen molar-refractivity contribution in [2.75, 3.05) is 44.5 Å². The zero-order valence-electron chi connectivity index (χ0n) is 17.6. The maximum absolute atomic E-state index is 12.4. The number of nitrogens with one attached hydrogen (secondary N) is 2. The number of rotatable bonds is 10. The van der Waals surface area contributed by atoms with Crippen molar-refractivity contribution in [3.8, 4) is 5.75 Å². The SMILES string of the molecule is CCOC(=O)c1cc(CC)sc1NC(=O)CN(C)CC(=O)Nc1ccc(OC)cc1. The van der Waals surface area contributed by atoms with Crippen LogP contribution in [0.5, 0.6) is 5.75 Å². The molecule has 30 heavy (non-hydrogen) atoms. The molecule has 0 bridgehead atoms. The number of carbonyl (C=O) groups excluding carboxylic acids is 3. The van der Waals surface area contributed by atoms with Crippen LogP contribution in [0.1, 0.15) is 29.1 Å². The lowest BCUT2D eigenvalue weighted by Crippen LogP contribution is -2.36. The number of thiophene rings is 1. The molecular formula is C21H27N3O5S. The number of likely N-dealkylation sites (N-methyl/N-ethyl adjacent to an activating group) is 1. The summed E-state index contributed by atoms with van der Waals surface area (Å²) in [6.07, 6.45) is 0.748. The van der Waals surface area contributed by atoms with Crippen LogP contribution in [0.4, 0.5) is 10.7 Å². The smallest absolute Gasteiger partial charge is 0.341 e. The number of aryl methyl sites for hydroxylation is 1. The predicted molar refractivity (Wildman–Crippen MR) is 117 cm³/mol. The van der Waals surface area contributed by atoms with Crippen molar-refractivity contribution < 1.29 is 23.9 Å². The molecule has 1 aromatic heterocycles. The van der Waals surface area contributed by atoms with E-state index in [1.165, 1.54) is 11.3 Å². The molecule has 2 amide bonds. The van der Waals surface area contributed by atoms with Gasteiger partial charge in [0.25, 0.3) is 0 Å². The molecule has 0 saturated carbocycles. The summed E-state index contributed by atoms with van der Waals surface area (Å²) >= 11 is 1.35. The highest BCUT2D eigenvalue weighted by Crippen LogP contribution is 2.29. The minimum absolute atomic E-state index is 0.00233. The number of hydrogen-bond donors (Lipinski definition) is 2. The van der Waals surface area contributed by atoms with Gasteiger partial charge in [0.1, 0.15) is 10.8 Å². The van der Waals surface area contributed by atoms with Gasteiger partial charge in [-0.1, -0.05) is 6.92 Å². The predicted octanol–water partition coefficient (Wildman–Crippen LogP) is 3.00. The van der Waals surface area contributed by atoms with Gasteiger partial charge in [0.2, 0.25) is 11.8 Å². The second-order valence-electron chi connectivity index (χ2n) is 6.53. The number of nitrogens with zero attached hydrogens (tertiary/aromatic N) is 1. The quantitative estimate of drug-likeness (QED) is 0.559. The number of anilines is 2. The third-order valence-corrected chi connectivity index (χ3v) is 5.28. The number of hydrogen-bond acceptors (Lipinski definition) is 7. The fourth-order valence-corrected chi connectivity index (χ4v) is 3.66. The minimum Gasteiger partial charge on any atom is -0.497 e. The monoisotopic (exact) mass is 433 g/mol. The highest BCUT2D eigenvalue weighted by molar-refractivity contribution is 7.16. The molecule has 0 aliphatic rings. The summed E-state index contributed by atoms with van der Waals surface area (Å²) in [6.45, 7) is 4.00. The van der Waals surface area contributed by atoms with E-state index in [-0.39, 0.29) is 31.5 Å². The number of benzene rings is 1. The van der Waals surface area contributed by atoms with Crippen LogP contribution in [0.25, 0.3) is 0 Å². The Hall–Kier alpha value is -2.91. The van der Waals surface area contributed by atoms with Crippen LogP contribution >= 0.6 is 11.3 Å². The van der Waals surface area contributed by atoms with Gasteiger partial charge in [-0.2, -0.15) is 0 Å². The van der Waals surface area contributed by atoms with E-state index in [4.69, 9.17) is 9.47 Å². The van der Waals surface area contributed by atoms with Crippen LogP contribution in [-0.4, -0.2) is 56.5 Å². The number of esters is 1. The van der Waals surface area contributed by atoms with E-state index in [2.05, 4.69) is 10.6 Å². The Morgan fingerprint density at radius 2 is 1.67 bits per heavy atom. The van der Waals surface area contributed by atoms with Crippen molar-refractivity contribution >= 4 is 39.8 Å². The molecule has 0 saturated heterocycles. The van der Waals surface area contributed by atoms with Crippen molar-refractivity contribution in [2.24, 2.45) is 0 Å². The van der Waals surface area contributed by atoms with Crippen LogP contribution in [0.3, 0.4) is 0 Å². The lowest BCUT2D eigenvalue weighted by molar-refractivity contribution is -0.119. The Balaban J connectivity index is 1.90. The van der Waals surface area contributed by atoms with Crippen molar-refractivity contribution in [3.63, 3.8) is 0 Å². The lowest BCUT2D eigenvalue weighted by atomic mass is 10.2. The average molecular weight is 434 g/mol. The highest BCUT2D eigenvalue weighted by atomic mass is 32.1. The van der Waals surface area contributed by atoms with Gasteiger partial charge in [-0.15, -0.1) is 11.3 Å². The first kappa shape index (κ1) is 23.4. The molecule has 1 aromatic carbocycles. The van der Waals surface area contributed by atoms with Crippen molar-refractivity contribution in [1.82, 2.24) is 4.90 Å². The standard InChI is InChI=1S/C21H27N3O5S/c1-5-16-11-17(21(27)29-6-2)20(30-16)23-19(26)13-24(3)12-18(25)22-14-7-9-15(28-4)10-8-14/h7-11H,5-6,12-13H2,1-4H3,(H,22,25)(H,23,26). The van der Waals surface area contributed by atoms with Crippen LogP contribution in [0.15, 0.2) is 30.3 Å². The van der Waals surface area contributed by atoms with E-state index in [0.29, 0.717) is 22.0 Å². The minimum atomic E-state index is -0.462. The largest absolute Gasteiger partial charge is 0.497 e. The molecule has 0 unspecified atom stereocenters. The lowest BCUT2D eigenvalue weighted by Gasteiger charge is -2.16. The third kappa shape index (κ3) is 6.85. The zero-order chi connectivity index (χ0) is 22.1. The summed E-state index contributed by atoms with van der Waals surface area (Å²) in [6, 6.07) is 8.72. The maximum Gasteiger partial charge on any atom is 0.341 e. The number of carbonyl (C=O) groups is 3. The Morgan fingerprint density at radius 1 is 1.03 bits per heavy atom. The molecule has 2 rings (SSSR count). The number of methoxy groups -OCH3 is 1. The van der Waals surface area contributed by atoms with Gasteiger partial charge < -0.3 is 20.1 Å². The van der Waals surface area contributed by atoms with Crippen molar-refractivity contribution in [3.05, 3.63) is 40.8 Å². The topological polar surface area (TPSA) is 97.0 Å². The molecule has 2 aromatic rings. The first-order chi connectivity index (χ1) is 14.4. The molecule has 8 nitrogen and oxygen atoms in total. The Morgan fingerprint density at radius 3 is 2.23 bits per heavy atom. The molecule has 0 atom stereocenters. The molecule has 0 aliphatic carbocycles. The highest BCUT2D eigenvalue weighted by Gasteiger charge is 2.19. The fourth-order valence-electron chi connectivity index (χ4n) is 2.66. The Kier molecular flexibility index (Phi) is 8.82. The fraction of sp³-hybridized carbons (Fsp3) is 0.381. The van der Waals surface area contributed by atoms with Gasteiger partial charge in [-0.05, 0) is 50.7 Å². The van der Waals surface area contributed by atoms with E-state index < -0.39 is 5.97 Å². The maximum atomic E-state index is 12.4. The van der Waals surface area contributed by atoms with Crippen LogP contribution in [0.2, 0.25) is 0 Å². The van der Waals surface area contributed by atoms with Gasteiger partial charge in [-0.25, -0.2) is 4.79 Å². The zero-order valence-corrected chi connectivity index (χ0v) is 18.4. The van der Waals surface area contributed by atoms with Gasteiger partial charge in [0, 0.05) is 10.6 Å². The van der Waals surface area contributed by atoms with Crippen molar-refractivity contribution in [1.29, 1.82) is 0 Å². The third-order valence-electron chi connectivity index (χ3n) is 4.08. The number of amides is 2. The van der Waals surface area contributed by atoms with Crippen LogP contribution < -0.4 is 15.4 Å². The molecule has 0 spiro atoms. The van der Waals surface area contributed by atoms with Crippen molar-refractivity contribution in [2.45, 2.75) is 20.3 Å². The molecule has 0 fully saturated rings. The van der Waals surface area contributed by atoms with Gasteiger partial charge in [-0.3, -0.25) is 14.5 Å². The summed E-state index contributed by atoms with van der Waals surface area (Å²) < 4.78 is 10.1. The molecule has 0 radical (unpaired) electrons. The molecule has 2 N–H and O–H groups in total. The number of ether oxygens (including phenoxy) is 2. The summed E-state index contributed by atoms with van der Waals surface area (Å²) in [7, 11) is 3.24. The summed E-state index contributed by atoms with van der Waals surface area (Å²) in [5.74, 6) is -0.323. The van der Waals surface area contributed by atoms with E-state index in [1.54, 1.807) is 56.3 Å². The Labute approximate surface area is 180 Å². The van der Waals surface area contributed by atoms with Gasteiger partial charge in [0.15, 0.2) is 0 Å². The van der Waals surface area contributed by atoms with Gasteiger partial charge >= 0.3 is 5.97 Å². The van der Waals surface area contributed by atoms with E-state index in [1.807, 2.05) is 6.92 Å². The molecule has 162 valence electrons. The van der Waals surface area contributed by atoms with E-state index in [9.17, 15) is 14.4 Å². The normalized spacial score (nSPS) is 10.6. The first-order valence-electron chi connectivity index (χ1n) is 9.58. The average Bonchev–Trinajstić information content (AvgIpc) is 3.11. The second-order valence-corrected chi connectivity index (χ2v) is 7.66. The molecule has 1 heterocycles. The van der Waals surface area contributed by atoms with Crippen LogP contribution in [-0.2, 0) is 20.7 Å². The van der Waals surface area contributed by atoms with E-state index >= 15 is 0 Å². The Bertz CT molecular complexity index is 879. The van der Waals surface area contributed by atoms with Gasteiger partial charge in [0.05, 0.1) is 32.4 Å². The summed E-state index contributed by atoms with van der Waals surface area (Å²) in [5.41, 5.74) is 0.996. The molecule has 0 aliphatic heterocycles. The van der Waals surface area contributed by atoms with Crippen LogP contribution in [0, 0.1) is 0 Å².